The summed E-state index contributed by atoms with van der Waals surface area (Å²) >= 11 is 1.58. The molecule has 0 bridgehead atoms. The van der Waals surface area contributed by atoms with Crippen molar-refractivity contribution in [3.8, 4) is 11.5 Å². The highest BCUT2D eigenvalue weighted by Crippen LogP contribution is 2.47. The fourth-order valence-corrected chi connectivity index (χ4v) is 4.96. The van der Waals surface area contributed by atoms with E-state index in [9.17, 15) is 14.4 Å². The molecule has 3 aliphatic heterocycles. The van der Waals surface area contributed by atoms with Crippen LogP contribution in [0.5, 0.6) is 11.5 Å². The van der Waals surface area contributed by atoms with E-state index in [-0.39, 0.29) is 10.8 Å². The summed E-state index contributed by atoms with van der Waals surface area (Å²) in [6, 6.07) is 4.44. The molecule has 8 nitrogen and oxygen atoms in total. The molecule has 9 heteroatoms. The first kappa shape index (κ1) is 18.0. The van der Waals surface area contributed by atoms with E-state index in [0.29, 0.717) is 42.6 Å². The van der Waals surface area contributed by atoms with Crippen LogP contribution in [0.2, 0.25) is 0 Å². The van der Waals surface area contributed by atoms with E-state index in [2.05, 4.69) is 5.32 Å². The smallest absolute Gasteiger partial charge is 0.330 e. The van der Waals surface area contributed by atoms with Gasteiger partial charge < -0.3 is 24.4 Å². The Morgan fingerprint density at radius 3 is 2.93 bits per heavy atom. The van der Waals surface area contributed by atoms with Crippen LogP contribution in [0.15, 0.2) is 18.2 Å². The number of thioether (sulfide) groups is 1. The topological polar surface area (TPSA) is 94.2 Å². The zero-order valence-corrected chi connectivity index (χ0v) is 15.7. The molecule has 3 aliphatic rings. The Balaban J connectivity index is 1.32. The predicted molar refractivity (Wildman–Crippen MR) is 97.8 cm³/mol. The van der Waals surface area contributed by atoms with Gasteiger partial charge in [-0.15, -0.1) is 11.8 Å². The van der Waals surface area contributed by atoms with Gasteiger partial charge in [0.1, 0.15) is 19.3 Å². The average Bonchev–Trinajstić information content (AvgIpc) is 3.16. The molecule has 0 unspecified atom stereocenters. The van der Waals surface area contributed by atoms with Gasteiger partial charge in [0.05, 0.1) is 4.87 Å². The number of benzene rings is 1. The van der Waals surface area contributed by atoms with Crippen LogP contribution < -0.4 is 14.8 Å². The molecule has 0 aromatic heterocycles. The van der Waals surface area contributed by atoms with Gasteiger partial charge in [0, 0.05) is 23.9 Å². The Hall–Kier alpha value is -2.42. The number of rotatable bonds is 4. The monoisotopic (exact) mass is 392 g/mol. The van der Waals surface area contributed by atoms with Gasteiger partial charge in [-0.2, -0.15) is 0 Å². The molecule has 1 aromatic carbocycles. The summed E-state index contributed by atoms with van der Waals surface area (Å²) in [5.74, 6) is 0.643. The number of carbonyl (C=O) groups excluding carboxylic acids is 3. The zero-order valence-electron chi connectivity index (χ0n) is 14.9. The fourth-order valence-electron chi connectivity index (χ4n) is 3.55. The molecule has 0 radical (unpaired) electrons. The molecule has 144 valence electrons. The van der Waals surface area contributed by atoms with Crippen molar-refractivity contribution < 1.29 is 28.6 Å². The van der Waals surface area contributed by atoms with Crippen LogP contribution in [0.1, 0.15) is 19.8 Å². The minimum atomic E-state index is -0.628. The zero-order chi connectivity index (χ0) is 19.0. The second-order valence-electron chi connectivity index (χ2n) is 6.78. The molecule has 0 saturated carbocycles. The van der Waals surface area contributed by atoms with E-state index in [1.165, 1.54) is 0 Å². The maximum Gasteiger partial charge on any atom is 0.330 e. The lowest BCUT2D eigenvalue weighted by Gasteiger charge is -2.29. The quantitative estimate of drug-likeness (QED) is 0.774. The van der Waals surface area contributed by atoms with Gasteiger partial charge in [-0.3, -0.25) is 9.59 Å². The molecular formula is C18H20N2O6S. The van der Waals surface area contributed by atoms with E-state index in [0.717, 1.165) is 6.42 Å². The largest absolute Gasteiger partial charge is 0.486 e. The summed E-state index contributed by atoms with van der Waals surface area (Å²) in [5, 5.41) is 2.66. The molecule has 2 fully saturated rings. The van der Waals surface area contributed by atoms with Gasteiger partial charge in [0.25, 0.3) is 5.91 Å². The number of hydrogen-bond acceptors (Lipinski definition) is 7. The number of hydrogen-bond donors (Lipinski definition) is 1. The number of nitrogens with zero attached hydrogens (tertiary/aromatic N) is 1. The van der Waals surface area contributed by atoms with Crippen molar-refractivity contribution in [2.75, 3.05) is 30.9 Å². The summed E-state index contributed by atoms with van der Waals surface area (Å²) in [6.45, 7) is 2.50. The highest BCUT2D eigenvalue weighted by molar-refractivity contribution is 8.01. The van der Waals surface area contributed by atoms with Crippen LogP contribution in [0.3, 0.4) is 0 Å². The minimum absolute atomic E-state index is 0.0369. The van der Waals surface area contributed by atoms with Crippen LogP contribution in [0.4, 0.5) is 5.69 Å². The highest BCUT2D eigenvalue weighted by Gasteiger charge is 2.53. The second kappa shape index (κ2) is 6.95. The summed E-state index contributed by atoms with van der Waals surface area (Å²) in [5.41, 5.74) is 0.527. The van der Waals surface area contributed by atoms with Gasteiger partial charge in [-0.25, -0.2) is 4.79 Å². The number of anilines is 1. The molecular weight excluding hydrogens is 372 g/mol. The van der Waals surface area contributed by atoms with E-state index < -0.39 is 24.5 Å². The van der Waals surface area contributed by atoms with E-state index in [4.69, 9.17) is 14.2 Å². The number of amides is 2. The summed E-state index contributed by atoms with van der Waals surface area (Å²) in [7, 11) is 0. The summed E-state index contributed by atoms with van der Waals surface area (Å²) in [4.78, 5) is 37.8. The SMILES string of the molecule is C[C@@]12CCC(=O)N1[C@@H](C(=O)OCC(=O)Nc1ccc3c(c1)OCCO3)CS2. The Bertz CT molecular complexity index is 800. The van der Waals surface area contributed by atoms with Crippen molar-refractivity contribution in [3.05, 3.63) is 18.2 Å². The first-order chi connectivity index (χ1) is 13.0. The highest BCUT2D eigenvalue weighted by atomic mass is 32.2. The Labute approximate surface area is 160 Å². The van der Waals surface area contributed by atoms with Crippen LogP contribution >= 0.6 is 11.8 Å². The molecule has 2 saturated heterocycles. The molecule has 1 aromatic rings. The van der Waals surface area contributed by atoms with Crippen LogP contribution in [0.25, 0.3) is 0 Å². The minimum Gasteiger partial charge on any atom is -0.486 e. The summed E-state index contributed by atoms with van der Waals surface area (Å²) in [6.07, 6.45) is 1.17. The predicted octanol–water partition coefficient (Wildman–Crippen LogP) is 1.39. The molecule has 4 rings (SSSR count). The molecule has 0 spiro atoms. The van der Waals surface area contributed by atoms with Gasteiger partial charge in [0.15, 0.2) is 18.1 Å². The number of nitrogens with one attached hydrogen (secondary N) is 1. The van der Waals surface area contributed by atoms with Gasteiger partial charge in [-0.05, 0) is 25.5 Å². The lowest BCUT2D eigenvalue weighted by molar-refractivity contribution is -0.155. The van der Waals surface area contributed by atoms with Crippen molar-refractivity contribution in [3.63, 3.8) is 0 Å². The van der Waals surface area contributed by atoms with Gasteiger partial charge in [-0.1, -0.05) is 0 Å². The maximum atomic E-state index is 12.4. The molecule has 0 aliphatic carbocycles. The third-order valence-electron chi connectivity index (χ3n) is 4.89. The van der Waals surface area contributed by atoms with Crippen molar-refractivity contribution >= 4 is 35.2 Å². The van der Waals surface area contributed by atoms with Crippen molar-refractivity contribution in [1.82, 2.24) is 4.90 Å². The Kier molecular flexibility index (Phi) is 4.63. The third-order valence-corrected chi connectivity index (χ3v) is 6.39. The lowest BCUT2D eigenvalue weighted by Crippen LogP contribution is -2.47. The first-order valence-corrected chi connectivity index (χ1v) is 9.77. The number of fused-ring (bicyclic) bond motifs is 2. The van der Waals surface area contributed by atoms with Gasteiger partial charge in [0.2, 0.25) is 5.91 Å². The lowest BCUT2D eigenvalue weighted by atomic mass is 10.2. The average molecular weight is 392 g/mol. The van der Waals surface area contributed by atoms with Crippen molar-refractivity contribution in [1.29, 1.82) is 0 Å². The summed E-state index contributed by atoms with van der Waals surface area (Å²) < 4.78 is 16.1. The van der Waals surface area contributed by atoms with Crippen molar-refractivity contribution in [2.45, 2.75) is 30.7 Å². The fraction of sp³-hybridized carbons (Fsp3) is 0.500. The normalized spacial score (nSPS) is 25.9. The van der Waals surface area contributed by atoms with Crippen LogP contribution in [0, 0.1) is 0 Å². The Morgan fingerprint density at radius 2 is 2.11 bits per heavy atom. The molecule has 27 heavy (non-hydrogen) atoms. The maximum absolute atomic E-state index is 12.4. The first-order valence-electron chi connectivity index (χ1n) is 8.78. The third kappa shape index (κ3) is 3.43. The molecule has 3 heterocycles. The standard InChI is InChI=1S/C18H20N2O6S/c1-18-5-4-16(22)20(18)12(10-27-18)17(23)26-9-15(21)19-11-2-3-13-14(8-11)25-7-6-24-13/h2-3,8,12H,4-7,9-10H2,1H3,(H,19,21)/t12-,18-/m1/s1. The molecule has 2 amide bonds. The van der Waals surface area contributed by atoms with Crippen molar-refractivity contribution in [2.24, 2.45) is 0 Å². The van der Waals surface area contributed by atoms with E-state index >= 15 is 0 Å². The van der Waals surface area contributed by atoms with Crippen LogP contribution in [-0.4, -0.2) is 59.2 Å². The number of esters is 1. The number of carbonyl (C=O) groups is 3. The van der Waals surface area contributed by atoms with E-state index in [1.807, 2.05) is 6.92 Å². The van der Waals surface area contributed by atoms with Crippen LogP contribution in [-0.2, 0) is 19.1 Å². The number of ether oxygens (including phenoxy) is 3. The molecule has 1 N–H and O–H groups in total. The second-order valence-corrected chi connectivity index (χ2v) is 8.28. The Morgan fingerprint density at radius 1 is 1.33 bits per heavy atom. The molecule has 2 atom stereocenters. The van der Waals surface area contributed by atoms with E-state index in [1.54, 1.807) is 34.9 Å². The van der Waals surface area contributed by atoms with Gasteiger partial charge >= 0.3 is 5.97 Å².